The molecule has 0 unspecified atom stereocenters. The number of hydrogen-bond donors (Lipinski definition) is 1. The summed E-state index contributed by atoms with van der Waals surface area (Å²) in [6.07, 6.45) is 0.858. The number of fused-ring (bicyclic) bond motifs is 1. The van der Waals surface area contributed by atoms with Crippen molar-refractivity contribution in [1.82, 2.24) is 4.98 Å². The smallest absolute Gasteiger partial charge is 0.126 e. The fraction of sp³-hybridized carbons (Fsp3) is 0.118. The molecule has 0 radical (unpaired) electrons. The first kappa shape index (κ1) is 11.7. The predicted molar refractivity (Wildman–Crippen MR) is 80.5 cm³/mol. The lowest BCUT2D eigenvalue weighted by Crippen LogP contribution is -1.99. The highest BCUT2D eigenvalue weighted by atomic mass is 15.0. The molecule has 0 aliphatic rings. The van der Waals surface area contributed by atoms with Gasteiger partial charge < -0.3 is 5.32 Å². The van der Waals surface area contributed by atoms with Gasteiger partial charge in [-0.05, 0) is 17.0 Å². The molecule has 0 fully saturated rings. The van der Waals surface area contributed by atoms with E-state index in [0.29, 0.717) is 0 Å². The van der Waals surface area contributed by atoms with E-state index in [4.69, 9.17) is 4.98 Å². The van der Waals surface area contributed by atoms with Crippen molar-refractivity contribution in [3.63, 3.8) is 0 Å². The molecular weight excluding hydrogens is 232 g/mol. The monoisotopic (exact) mass is 248 g/mol. The lowest BCUT2D eigenvalue weighted by Gasteiger charge is -2.09. The van der Waals surface area contributed by atoms with Gasteiger partial charge in [0.25, 0.3) is 0 Å². The second kappa shape index (κ2) is 5.11. The van der Waals surface area contributed by atoms with Crippen molar-refractivity contribution in [3.8, 4) is 0 Å². The number of pyridine rings is 1. The largest absolute Gasteiger partial charge is 0.373 e. The van der Waals surface area contributed by atoms with Crippen molar-refractivity contribution in [3.05, 3.63) is 71.9 Å². The lowest BCUT2D eigenvalue weighted by atomic mass is 10.0. The average molecular weight is 248 g/mol. The van der Waals surface area contributed by atoms with E-state index in [-0.39, 0.29) is 0 Å². The fourth-order valence-electron chi connectivity index (χ4n) is 2.32. The molecule has 2 nitrogen and oxygen atoms in total. The predicted octanol–water partition coefficient (Wildman–Crippen LogP) is 3.87. The topological polar surface area (TPSA) is 24.9 Å². The first-order valence-electron chi connectivity index (χ1n) is 6.47. The van der Waals surface area contributed by atoms with Crippen molar-refractivity contribution >= 4 is 16.6 Å². The van der Waals surface area contributed by atoms with Crippen LogP contribution in [0.3, 0.4) is 0 Å². The molecule has 0 aliphatic carbocycles. The van der Waals surface area contributed by atoms with Crippen LogP contribution in [0.2, 0.25) is 0 Å². The quantitative estimate of drug-likeness (QED) is 0.761. The Balaban J connectivity index is 2.11. The highest BCUT2D eigenvalue weighted by Crippen LogP contribution is 2.22. The van der Waals surface area contributed by atoms with Crippen molar-refractivity contribution in [2.75, 3.05) is 12.4 Å². The normalized spacial score (nSPS) is 10.6. The third-order valence-corrected chi connectivity index (χ3v) is 3.29. The number of aromatic nitrogens is 1. The van der Waals surface area contributed by atoms with E-state index in [9.17, 15) is 0 Å². The standard InChI is InChI=1S/C17H16N2/c1-18-17-12-14-9-5-6-10-15(14)16(19-17)11-13-7-3-2-4-8-13/h2-10,12H,11H2,1H3,(H,18,19). The minimum Gasteiger partial charge on any atom is -0.373 e. The molecule has 0 saturated carbocycles. The Morgan fingerprint density at radius 3 is 2.47 bits per heavy atom. The number of anilines is 1. The second-order valence-corrected chi connectivity index (χ2v) is 4.59. The maximum atomic E-state index is 4.70. The van der Waals surface area contributed by atoms with Gasteiger partial charge in [0, 0.05) is 18.9 Å². The van der Waals surface area contributed by atoms with E-state index in [1.54, 1.807) is 0 Å². The van der Waals surface area contributed by atoms with Crippen LogP contribution in [-0.2, 0) is 6.42 Å². The van der Waals surface area contributed by atoms with Gasteiger partial charge in [-0.2, -0.15) is 0 Å². The Morgan fingerprint density at radius 1 is 0.947 bits per heavy atom. The zero-order chi connectivity index (χ0) is 13.1. The van der Waals surface area contributed by atoms with Gasteiger partial charge in [0.2, 0.25) is 0 Å². The number of benzene rings is 2. The van der Waals surface area contributed by atoms with E-state index in [0.717, 1.165) is 17.9 Å². The molecule has 3 rings (SSSR count). The maximum absolute atomic E-state index is 4.70. The van der Waals surface area contributed by atoms with Gasteiger partial charge in [-0.25, -0.2) is 4.98 Å². The molecule has 2 heteroatoms. The molecule has 0 amide bonds. The number of hydrogen-bond acceptors (Lipinski definition) is 2. The number of nitrogens with zero attached hydrogens (tertiary/aromatic N) is 1. The summed E-state index contributed by atoms with van der Waals surface area (Å²) in [5, 5.41) is 5.59. The third kappa shape index (κ3) is 2.43. The van der Waals surface area contributed by atoms with Crippen molar-refractivity contribution in [2.45, 2.75) is 6.42 Å². The Bertz CT molecular complexity index is 690. The summed E-state index contributed by atoms with van der Waals surface area (Å²) in [7, 11) is 1.91. The molecule has 0 spiro atoms. The molecule has 1 aromatic heterocycles. The van der Waals surface area contributed by atoms with E-state index < -0.39 is 0 Å². The summed E-state index contributed by atoms with van der Waals surface area (Å²) < 4.78 is 0. The molecule has 1 heterocycles. The second-order valence-electron chi connectivity index (χ2n) is 4.59. The van der Waals surface area contributed by atoms with Crippen molar-refractivity contribution in [1.29, 1.82) is 0 Å². The summed E-state index contributed by atoms with van der Waals surface area (Å²) in [4.78, 5) is 4.70. The highest BCUT2D eigenvalue weighted by molar-refractivity contribution is 5.87. The number of nitrogens with one attached hydrogen (secondary N) is 1. The molecule has 94 valence electrons. The minimum atomic E-state index is 0.858. The van der Waals surface area contributed by atoms with Crippen molar-refractivity contribution < 1.29 is 0 Å². The van der Waals surface area contributed by atoms with Gasteiger partial charge in [-0.15, -0.1) is 0 Å². The van der Waals surface area contributed by atoms with Gasteiger partial charge in [0.1, 0.15) is 5.82 Å². The lowest BCUT2D eigenvalue weighted by molar-refractivity contribution is 1.10. The van der Waals surface area contributed by atoms with Gasteiger partial charge in [-0.3, -0.25) is 0 Å². The van der Waals surface area contributed by atoms with Crippen LogP contribution in [0.25, 0.3) is 10.8 Å². The van der Waals surface area contributed by atoms with Crippen LogP contribution in [-0.4, -0.2) is 12.0 Å². The Hall–Kier alpha value is -2.35. The SMILES string of the molecule is CNc1cc2ccccc2c(Cc2ccccc2)n1. The summed E-state index contributed by atoms with van der Waals surface area (Å²) in [5.74, 6) is 0.921. The first-order valence-corrected chi connectivity index (χ1v) is 6.47. The van der Waals surface area contributed by atoms with Crippen LogP contribution in [0.4, 0.5) is 5.82 Å². The van der Waals surface area contributed by atoms with Gasteiger partial charge in [0.05, 0.1) is 5.69 Å². The van der Waals surface area contributed by atoms with Crippen LogP contribution in [0, 0.1) is 0 Å². The highest BCUT2D eigenvalue weighted by Gasteiger charge is 2.05. The van der Waals surface area contributed by atoms with Crippen LogP contribution < -0.4 is 5.32 Å². The summed E-state index contributed by atoms with van der Waals surface area (Å²) in [5.41, 5.74) is 2.40. The zero-order valence-electron chi connectivity index (χ0n) is 10.9. The Labute approximate surface area is 113 Å². The minimum absolute atomic E-state index is 0.858. The van der Waals surface area contributed by atoms with E-state index in [1.807, 2.05) is 13.1 Å². The third-order valence-electron chi connectivity index (χ3n) is 3.29. The molecular formula is C17H16N2. The molecule has 3 aromatic rings. The Morgan fingerprint density at radius 2 is 1.68 bits per heavy atom. The molecule has 0 saturated heterocycles. The van der Waals surface area contributed by atoms with Gasteiger partial charge in [-0.1, -0.05) is 54.6 Å². The fourth-order valence-corrected chi connectivity index (χ4v) is 2.32. The van der Waals surface area contributed by atoms with Crippen LogP contribution >= 0.6 is 0 Å². The molecule has 0 atom stereocenters. The molecule has 1 N–H and O–H groups in total. The first-order chi connectivity index (χ1) is 9.36. The van der Waals surface area contributed by atoms with Gasteiger partial charge >= 0.3 is 0 Å². The zero-order valence-corrected chi connectivity index (χ0v) is 10.9. The molecule has 2 aromatic carbocycles. The average Bonchev–Trinajstić information content (AvgIpc) is 2.48. The summed E-state index contributed by atoms with van der Waals surface area (Å²) in [6.45, 7) is 0. The molecule has 0 aliphatic heterocycles. The van der Waals surface area contributed by atoms with E-state index in [1.165, 1.54) is 16.3 Å². The summed E-state index contributed by atoms with van der Waals surface area (Å²) >= 11 is 0. The van der Waals surface area contributed by atoms with E-state index >= 15 is 0 Å². The maximum Gasteiger partial charge on any atom is 0.126 e. The van der Waals surface area contributed by atoms with Crippen LogP contribution in [0.5, 0.6) is 0 Å². The summed E-state index contributed by atoms with van der Waals surface area (Å²) in [6, 6.07) is 20.9. The molecule has 0 bridgehead atoms. The van der Waals surface area contributed by atoms with Crippen LogP contribution in [0.15, 0.2) is 60.7 Å². The van der Waals surface area contributed by atoms with Crippen molar-refractivity contribution in [2.24, 2.45) is 0 Å². The molecule has 19 heavy (non-hydrogen) atoms. The number of rotatable bonds is 3. The van der Waals surface area contributed by atoms with Gasteiger partial charge in [0.15, 0.2) is 0 Å². The Kier molecular flexibility index (Phi) is 3.15. The van der Waals surface area contributed by atoms with E-state index in [2.05, 4.69) is 59.9 Å². The van der Waals surface area contributed by atoms with Crippen LogP contribution in [0.1, 0.15) is 11.3 Å².